The van der Waals surface area contributed by atoms with E-state index in [0.29, 0.717) is 16.3 Å². The Kier molecular flexibility index (Phi) is 5.88. The smallest absolute Gasteiger partial charge is 0.260 e. The summed E-state index contributed by atoms with van der Waals surface area (Å²) < 4.78 is 24.8. The number of carbonyl (C=O) groups is 1. The van der Waals surface area contributed by atoms with Gasteiger partial charge >= 0.3 is 0 Å². The van der Waals surface area contributed by atoms with Gasteiger partial charge in [0, 0.05) is 23.0 Å². The molecular formula is C15H15ClN4O3S. The molecule has 0 saturated carbocycles. The monoisotopic (exact) mass is 366 g/mol. The SMILES string of the molecule is CS(=O)(=O)N(CC(=O)N/N=C\c1cccnc1)c1cccc(Cl)c1. The van der Waals surface area contributed by atoms with E-state index in [9.17, 15) is 13.2 Å². The molecule has 0 aliphatic carbocycles. The highest BCUT2D eigenvalue weighted by molar-refractivity contribution is 7.92. The molecule has 1 heterocycles. The lowest BCUT2D eigenvalue weighted by atomic mass is 10.3. The normalized spacial score (nSPS) is 11.4. The molecular weight excluding hydrogens is 352 g/mol. The van der Waals surface area contributed by atoms with Gasteiger partial charge in [0.25, 0.3) is 5.91 Å². The largest absolute Gasteiger partial charge is 0.271 e. The highest BCUT2D eigenvalue weighted by atomic mass is 35.5. The summed E-state index contributed by atoms with van der Waals surface area (Å²) in [7, 11) is -3.66. The number of hydrogen-bond acceptors (Lipinski definition) is 5. The molecule has 2 rings (SSSR count). The van der Waals surface area contributed by atoms with Gasteiger partial charge in [0.05, 0.1) is 18.2 Å². The topological polar surface area (TPSA) is 91.7 Å². The predicted octanol–water partition coefficient (Wildman–Crippen LogP) is 1.65. The molecule has 0 aliphatic heterocycles. The minimum absolute atomic E-state index is 0.302. The van der Waals surface area contributed by atoms with Crippen LogP contribution in [0.5, 0.6) is 0 Å². The Morgan fingerprint density at radius 1 is 1.38 bits per heavy atom. The van der Waals surface area contributed by atoms with Gasteiger partial charge in [-0.2, -0.15) is 5.10 Å². The third-order valence-electron chi connectivity index (χ3n) is 2.87. The molecule has 126 valence electrons. The standard InChI is InChI=1S/C15H15ClN4O3S/c1-24(22,23)20(14-6-2-5-13(16)8-14)11-15(21)19-18-10-12-4-3-7-17-9-12/h2-10H,11H2,1H3,(H,19,21)/b18-10-. The van der Waals surface area contributed by atoms with Crippen molar-refractivity contribution < 1.29 is 13.2 Å². The first-order chi connectivity index (χ1) is 11.4. The number of nitrogens with zero attached hydrogens (tertiary/aromatic N) is 3. The van der Waals surface area contributed by atoms with Crippen LogP contribution in [0.15, 0.2) is 53.9 Å². The summed E-state index contributed by atoms with van der Waals surface area (Å²) in [5.41, 5.74) is 3.29. The van der Waals surface area contributed by atoms with E-state index in [0.717, 1.165) is 10.6 Å². The van der Waals surface area contributed by atoms with Gasteiger partial charge in [-0.05, 0) is 24.3 Å². The summed E-state index contributed by atoms with van der Waals surface area (Å²) in [6.07, 6.45) is 5.62. The average molecular weight is 367 g/mol. The number of carbonyl (C=O) groups excluding carboxylic acids is 1. The lowest BCUT2D eigenvalue weighted by Crippen LogP contribution is -2.39. The van der Waals surface area contributed by atoms with Crippen molar-refractivity contribution in [1.29, 1.82) is 0 Å². The van der Waals surface area contributed by atoms with Gasteiger partial charge in [-0.25, -0.2) is 13.8 Å². The van der Waals surface area contributed by atoms with Crippen molar-refractivity contribution in [2.24, 2.45) is 5.10 Å². The van der Waals surface area contributed by atoms with Gasteiger partial charge in [-0.1, -0.05) is 23.7 Å². The number of halogens is 1. The third-order valence-corrected chi connectivity index (χ3v) is 4.25. The second kappa shape index (κ2) is 7.89. The molecule has 1 aromatic carbocycles. The van der Waals surface area contributed by atoms with Crippen molar-refractivity contribution in [3.8, 4) is 0 Å². The first-order valence-corrected chi connectivity index (χ1v) is 9.04. The number of hydrogen-bond donors (Lipinski definition) is 1. The summed E-state index contributed by atoms with van der Waals surface area (Å²) >= 11 is 5.88. The molecule has 0 fully saturated rings. The minimum atomic E-state index is -3.66. The number of pyridine rings is 1. The summed E-state index contributed by atoms with van der Waals surface area (Å²) in [5, 5.41) is 4.15. The average Bonchev–Trinajstić information content (AvgIpc) is 2.52. The summed E-state index contributed by atoms with van der Waals surface area (Å²) in [6.45, 7) is -0.413. The molecule has 9 heteroatoms. The van der Waals surface area contributed by atoms with E-state index >= 15 is 0 Å². The van der Waals surface area contributed by atoms with Crippen LogP contribution in [-0.2, 0) is 14.8 Å². The zero-order valence-electron chi connectivity index (χ0n) is 12.8. The molecule has 0 saturated heterocycles. The van der Waals surface area contributed by atoms with Crippen LogP contribution >= 0.6 is 11.6 Å². The fourth-order valence-electron chi connectivity index (χ4n) is 1.83. The van der Waals surface area contributed by atoms with Crippen LogP contribution in [0.1, 0.15) is 5.56 Å². The Balaban J connectivity index is 2.07. The third kappa shape index (κ3) is 5.32. The zero-order valence-corrected chi connectivity index (χ0v) is 14.3. The summed E-state index contributed by atoms with van der Waals surface area (Å²) in [6, 6.07) is 9.73. The van der Waals surface area contributed by atoms with E-state index in [1.54, 1.807) is 42.7 Å². The predicted molar refractivity (Wildman–Crippen MR) is 93.6 cm³/mol. The molecule has 0 bridgehead atoms. The first kappa shape index (κ1) is 17.9. The minimum Gasteiger partial charge on any atom is -0.271 e. The van der Waals surface area contributed by atoms with Gasteiger partial charge < -0.3 is 0 Å². The fraction of sp³-hybridized carbons (Fsp3) is 0.133. The van der Waals surface area contributed by atoms with Crippen LogP contribution < -0.4 is 9.73 Å². The zero-order chi connectivity index (χ0) is 17.6. The number of benzene rings is 1. The van der Waals surface area contributed by atoms with E-state index in [1.165, 1.54) is 12.3 Å². The van der Waals surface area contributed by atoms with E-state index in [2.05, 4.69) is 15.5 Å². The van der Waals surface area contributed by atoms with E-state index in [4.69, 9.17) is 11.6 Å². The number of rotatable bonds is 6. The van der Waals surface area contributed by atoms with Gasteiger partial charge in [-0.15, -0.1) is 0 Å². The molecule has 0 unspecified atom stereocenters. The van der Waals surface area contributed by atoms with Crippen LogP contribution in [0.2, 0.25) is 5.02 Å². The number of amides is 1. The molecule has 1 N–H and O–H groups in total. The number of aromatic nitrogens is 1. The fourth-order valence-corrected chi connectivity index (χ4v) is 2.86. The van der Waals surface area contributed by atoms with Gasteiger partial charge in [0.15, 0.2) is 0 Å². The van der Waals surface area contributed by atoms with Crippen molar-refractivity contribution in [3.05, 3.63) is 59.4 Å². The molecule has 0 radical (unpaired) electrons. The molecule has 24 heavy (non-hydrogen) atoms. The Hall–Kier alpha value is -2.45. The second-order valence-electron chi connectivity index (χ2n) is 4.83. The lowest BCUT2D eigenvalue weighted by molar-refractivity contribution is -0.119. The quantitative estimate of drug-likeness (QED) is 0.621. The Labute approximate surface area is 145 Å². The number of sulfonamides is 1. The van der Waals surface area contributed by atoms with Crippen LogP contribution in [-0.4, -0.2) is 38.3 Å². The maximum Gasteiger partial charge on any atom is 0.260 e. The highest BCUT2D eigenvalue weighted by Gasteiger charge is 2.20. The van der Waals surface area contributed by atoms with Crippen molar-refractivity contribution in [2.75, 3.05) is 17.1 Å². The summed E-state index contributed by atoms with van der Waals surface area (Å²) in [4.78, 5) is 15.9. The maximum atomic E-state index is 12.0. The lowest BCUT2D eigenvalue weighted by Gasteiger charge is -2.21. The van der Waals surface area contributed by atoms with Gasteiger partial charge in [-0.3, -0.25) is 14.1 Å². The number of hydrazone groups is 1. The molecule has 7 nitrogen and oxygen atoms in total. The van der Waals surface area contributed by atoms with E-state index in [-0.39, 0.29) is 0 Å². The molecule has 0 spiro atoms. The molecule has 2 aromatic rings. The van der Waals surface area contributed by atoms with Crippen molar-refractivity contribution in [3.63, 3.8) is 0 Å². The van der Waals surface area contributed by atoms with E-state index in [1.807, 2.05) is 0 Å². The Morgan fingerprint density at radius 2 is 2.17 bits per heavy atom. The van der Waals surface area contributed by atoms with Gasteiger partial charge in [0.2, 0.25) is 10.0 Å². The molecule has 0 atom stereocenters. The van der Waals surface area contributed by atoms with Gasteiger partial charge in [0.1, 0.15) is 6.54 Å². The number of anilines is 1. The summed E-state index contributed by atoms with van der Waals surface area (Å²) in [5.74, 6) is -0.583. The Morgan fingerprint density at radius 3 is 2.79 bits per heavy atom. The van der Waals surface area contributed by atoms with E-state index < -0.39 is 22.5 Å². The first-order valence-electron chi connectivity index (χ1n) is 6.81. The van der Waals surface area contributed by atoms with Crippen LogP contribution in [0.4, 0.5) is 5.69 Å². The molecule has 1 amide bonds. The van der Waals surface area contributed by atoms with Crippen LogP contribution in [0, 0.1) is 0 Å². The second-order valence-corrected chi connectivity index (χ2v) is 7.17. The van der Waals surface area contributed by atoms with Crippen molar-refractivity contribution in [1.82, 2.24) is 10.4 Å². The van der Waals surface area contributed by atoms with Crippen LogP contribution in [0.3, 0.4) is 0 Å². The Bertz CT molecular complexity index is 841. The maximum absolute atomic E-state index is 12.0. The van der Waals surface area contributed by atoms with Crippen molar-refractivity contribution >= 4 is 39.4 Å². The highest BCUT2D eigenvalue weighted by Crippen LogP contribution is 2.21. The van der Waals surface area contributed by atoms with Crippen molar-refractivity contribution in [2.45, 2.75) is 0 Å². The number of nitrogens with one attached hydrogen (secondary N) is 1. The molecule has 0 aliphatic rings. The van der Waals surface area contributed by atoms with Crippen LogP contribution in [0.25, 0.3) is 0 Å². The molecule has 1 aromatic heterocycles.